The van der Waals surface area contributed by atoms with E-state index in [4.69, 9.17) is 21.5 Å². The first-order chi connectivity index (χ1) is 16.5. The molecular weight excluding hydrogens is 492 g/mol. The molecule has 1 heterocycles. The zero-order chi connectivity index (χ0) is 25.8. The van der Waals surface area contributed by atoms with Crippen molar-refractivity contribution in [3.8, 4) is 5.75 Å². The number of halogens is 1. The Hall–Kier alpha value is -2.75. The average Bonchev–Trinajstić information content (AvgIpc) is 2.96. The summed E-state index contributed by atoms with van der Waals surface area (Å²) in [6.45, 7) is 1.65. The van der Waals surface area contributed by atoms with Gasteiger partial charge < -0.3 is 4.74 Å². The van der Waals surface area contributed by atoms with Gasteiger partial charge in [-0.05, 0) is 66.6 Å². The molecule has 0 aromatic heterocycles. The number of imide groups is 1. The molecule has 188 valence electrons. The number of rotatable bonds is 8. The van der Waals surface area contributed by atoms with Gasteiger partial charge >= 0.3 is 0 Å². The number of hydrogen-bond donors (Lipinski definition) is 1. The van der Waals surface area contributed by atoms with Crippen molar-refractivity contribution in [1.82, 2.24) is 4.90 Å². The average molecular weight is 521 g/mol. The highest BCUT2D eigenvalue weighted by Gasteiger charge is 2.35. The van der Waals surface area contributed by atoms with E-state index < -0.39 is 21.8 Å². The van der Waals surface area contributed by atoms with Crippen molar-refractivity contribution < 1.29 is 27.5 Å². The molecular formula is C25H29ClN2O6S. The Bertz CT molecular complexity index is 1210. The highest BCUT2D eigenvalue weighted by molar-refractivity contribution is 7.89. The van der Waals surface area contributed by atoms with Gasteiger partial charge in [-0.15, -0.1) is 0 Å². The fourth-order valence-electron chi connectivity index (χ4n) is 4.33. The number of sulfonamides is 1. The molecule has 2 aromatic rings. The quantitative estimate of drug-likeness (QED) is 0.568. The highest BCUT2D eigenvalue weighted by Crippen LogP contribution is 2.30. The van der Waals surface area contributed by atoms with E-state index in [0.717, 1.165) is 16.0 Å². The number of primary sulfonamides is 1. The van der Waals surface area contributed by atoms with Crippen molar-refractivity contribution in [2.24, 2.45) is 11.1 Å². The lowest BCUT2D eigenvalue weighted by atomic mass is 9.91. The first kappa shape index (κ1) is 26.8. The predicted molar refractivity (Wildman–Crippen MR) is 132 cm³/mol. The third-order valence-electron chi connectivity index (χ3n) is 6.33. The third-order valence-corrected chi connectivity index (χ3v) is 7.49. The van der Waals surface area contributed by atoms with Gasteiger partial charge in [0, 0.05) is 23.8 Å². The van der Waals surface area contributed by atoms with Crippen molar-refractivity contribution in [1.29, 1.82) is 0 Å². The Morgan fingerprint density at radius 3 is 2.49 bits per heavy atom. The number of nitrogens with two attached hydrogens (primary N) is 1. The maximum Gasteiger partial charge on any atom is 0.238 e. The van der Waals surface area contributed by atoms with Gasteiger partial charge in [0.1, 0.15) is 5.75 Å². The molecule has 1 aliphatic heterocycles. The first-order valence-corrected chi connectivity index (χ1v) is 13.3. The number of amides is 2. The summed E-state index contributed by atoms with van der Waals surface area (Å²) in [5, 5.41) is 5.66. The van der Waals surface area contributed by atoms with Gasteiger partial charge in [-0.25, -0.2) is 13.6 Å². The van der Waals surface area contributed by atoms with E-state index in [-0.39, 0.29) is 41.9 Å². The van der Waals surface area contributed by atoms with Crippen LogP contribution in [0.5, 0.6) is 5.75 Å². The Labute approximate surface area is 210 Å². The van der Waals surface area contributed by atoms with Gasteiger partial charge in [-0.2, -0.15) is 0 Å². The maximum atomic E-state index is 13.4. The van der Waals surface area contributed by atoms with Gasteiger partial charge in [-0.1, -0.05) is 30.7 Å². The number of hydrogen-bond acceptors (Lipinski definition) is 6. The number of ketones is 1. The molecule has 3 rings (SSSR count). The van der Waals surface area contributed by atoms with Crippen LogP contribution in [0.25, 0.3) is 0 Å². The molecule has 2 amide bonds. The summed E-state index contributed by atoms with van der Waals surface area (Å²) >= 11 is 6.13. The Balaban J connectivity index is 1.80. The lowest BCUT2D eigenvalue weighted by Gasteiger charge is -2.25. The van der Waals surface area contributed by atoms with E-state index in [1.165, 1.54) is 19.2 Å². The van der Waals surface area contributed by atoms with Gasteiger partial charge in [0.05, 0.1) is 18.6 Å². The molecule has 8 nitrogen and oxygen atoms in total. The van der Waals surface area contributed by atoms with Gasteiger partial charge in [0.2, 0.25) is 21.8 Å². The molecule has 2 unspecified atom stereocenters. The standard InChI is InChI=1S/C25H29ClN2O6S/c1-3-16(17-5-9-22(10-6-17)35(27,32)33)14-24(30)28-15-21(29)8-4-18(25(28)31)12-19-13-20(26)7-11-23(19)34-2/h5-7,9-11,13,16,18H,3-4,8,12,14-15H2,1-2H3,(H2,27,32,33). The van der Waals surface area contributed by atoms with E-state index in [0.29, 0.717) is 30.0 Å². The molecule has 2 N–H and O–H groups in total. The number of methoxy groups -OCH3 is 1. The Morgan fingerprint density at radius 2 is 1.89 bits per heavy atom. The molecule has 1 aliphatic rings. The molecule has 0 spiro atoms. The summed E-state index contributed by atoms with van der Waals surface area (Å²) in [6.07, 6.45) is 1.43. The van der Waals surface area contributed by atoms with Gasteiger partial charge in [0.25, 0.3) is 0 Å². The molecule has 0 saturated carbocycles. The molecule has 10 heteroatoms. The molecule has 0 radical (unpaired) electrons. The molecule has 0 bridgehead atoms. The molecule has 1 saturated heterocycles. The lowest BCUT2D eigenvalue weighted by Crippen LogP contribution is -2.42. The van der Waals surface area contributed by atoms with Crippen LogP contribution in [0, 0.1) is 5.92 Å². The number of ether oxygens (including phenoxy) is 1. The number of Topliss-reactive ketones (excluding diaryl/α,β-unsaturated/α-hetero) is 1. The minimum Gasteiger partial charge on any atom is -0.496 e. The number of likely N-dealkylation sites (tertiary alicyclic amines) is 1. The second kappa shape index (κ2) is 11.3. The van der Waals surface area contributed by atoms with Crippen LogP contribution in [0.15, 0.2) is 47.4 Å². The van der Waals surface area contributed by atoms with E-state index >= 15 is 0 Å². The highest BCUT2D eigenvalue weighted by atomic mass is 35.5. The summed E-state index contributed by atoms with van der Waals surface area (Å²) in [7, 11) is -2.29. The van der Waals surface area contributed by atoms with Crippen molar-refractivity contribution in [3.05, 3.63) is 58.6 Å². The van der Waals surface area contributed by atoms with Crippen molar-refractivity contribution in [2.75, 3.05) is 13.7 Å². The normalized spacial score (nSPS) is 17.7. The largest absolute Gasteiger partial charge is 0.496 e. The predicted octanol–water partition coefficient (Wildman–Crippen LogP) is 3.46. The number of carbonyl (C=O) groups excluding carboxylic acids is 3. The second-order valence-electron chi connectivity index (χ2n) is 8.68. The van der Waals surface area contributed by atoms with Crippen LogP contribution in [-0.4, -0.2) is 44.6 Å². The first-order valence-electron chi connectivity index (χ1n) is 11.3. The zero-order valence-corrected chi connectivity index (χ0v) is 21.3. The Morgan fingerprint density at radius 1 is 1.20 bits per heavy atom. The van der Waals surface area contributed by atoms with Gasteiger partial charge in [-0.3, -0.25) is 19.3 Å². The van der Waals surface area contributed by atoms with Crippen LogP contribution in [0.2, 0.25) is 5.02 Å². The minimum absolute atomic E-state index is 0.0114. The van der Waals surface area contributed by atoms with Crippen molar-refractivity contribution >= 4 is 39.2 Å². The molecule has 0 aliphatic carbocycles. The zero-order valence-electron chi connectivity index (χ0n) is 19.7. The van der Waals surface area contributed by atoms with E-state index in [9.17, 15) is 22.8 Å². The number of nitrogens with zero attached hydrogens (tertiary/aromatic N) is 1. The van der Waals surface area contributed by atoms with Crippen molar-refractivity contribution in [2.45, 2.75) is 49.8 Å². The molecule has 1 fully saturated rings. The number of carbonyl (C=O) groups is 3. The van der Waals surface area contributed by atoms with Crippen LogP contribution in [0.4, 0.5) is 0 Å². The summed E-state index contributed by atoms with van der Waals surface area (Å²) < 4.78 is 28.4. The number of benzene rings is 2. The topological polar surface area (TPSA) is 124 Å². The van der Waals surface area contributed by atoms with E-state index in [1.807, 2.05) is 6.92 Å². The summed E-state index contributed by atoms with van der Waals surface area (Å²) in [6, 6.07) is 11.2. The summed E-state index contributed by atoms with van der Waals surface area (Å²) in [4.78, 5) is 40.1. The third kappa shape index (κ3) is 6.68. The smallest absolute Gasteiger partial charge is 0.238 e. The lowest BCUT2D eigenvalue weighted by molar-refractivity contribution is -0.148. The minimum atomic E-state index is -3.82. The summed E-state index contributed by atoms with van der Waals surface area (Å²) in [5.41, 5.74) is 1.49. The van der Waals surface area contributed by atoms with Crippen LogP contribution in [-0.2, 0) is 30.8 Å². The summed E-state index contributed by atoms with van der Waals surface area (Å²) in [5.74, 6) is -1.22. The molecule has 35 heavy (non-hydrogen) atoms. The monoisotopic (exact) mass is 520 g/mol. The molecule has 2 atom stereocenters. The van der Waals surface area contributed by atoms with Crippen LogP contribution >= 0.6 is 11.6 Å². The van der Waals surface area contributed by atoms with Gasteiger partial charge in [0.15, 0.2) is 5.78 Å². The fraction of sp³-hybridized carbons (Fsp3) is 0.400. The Kier molecular flexibility index (Phi) is 8.69. The van der Waals surface area contributed by atoms with Crippen LogP contribution < -0.4 is 9.88 Å². The van der Waals surface area contributed by atoms with Crippen LogP contribution in [0.3, 0.4) is 0 Å². The van der Waals surface area contributed by atoms with Crippen molar-refractivity contribution in [3.63, 3.8) is 0 Å². The van der Waals surface area contributed by atoms with E-state index in [1.54, 1.807) is 30.3 Å². The van der Waals surface area contributed by atoms with E-state index in [2.05, 4.69) is 0 Å². The second-order valence-corrected chi connectivity index (χ2v) is 10.7. The fourth-order valence-corrected chi connectivity index (χ4v) is 5.04. The SMILES string of the molecule is CCC(CC(=O)N1CC(=O)CCC(Cc2cc(Cl)ccc2OC)C1=O)c1ccc(S(N)(=O)=O)cc1. The molecule has 2 aromatic carbocycles. The van der Waals surface area contributed by atoms with Crippen LogP contribution in [0.1, 0.15) is 49.7 Å². The maximum absolute atomic E-state index is 13.4.